The summed E-state index contributed by atoms with van der Waals surface area (Å²) in [7, 11) is 3.18. The minimum atomic E-state index is 0.565. The van der Waals surface area contributed by atoms with E-state index in [1.54, 1.807) is 14.2 Å². The summed E-state index contributed by atoms with van der Waals surface area (Å²) in [6.45, 7) is 0. The molecule has 0 unspecified atom stereocenters. The molecular formula is C14H10Br4O3. The Morgan fingerprint density at radius 3 is 1.86 bits per heavy atom. The standard InChI is InChI=1S/C14H10Br4O3/c1-19-12-10(18)5-7(15)6-11(12)21-14-9(17)4-3-8(16)13(14)20-2/h3-6H,1-2H3. The van der Waals surface area contributed by atoms with E-state index in [1.807, 2.05) is 24.3 Å². The molecule has 0 bridgehead atoms. The largest absolute Gasteiger partial charge is 0.492 e. The molecule has 2 aromatic rings. The van der Waals surface area contributed by atoms with E-state index in [1.165, 1.54) is 0 Å². The van der Waals surface area contributed by atoms with Crippen LogP contribution in [0.3, 0.4) is 0 Å². The minimum Gasteiger partial charge on any atom is -0.492 e. The van der Waals surface area contributed by atoms with Gasteiger partial charge in [-0.05, 0) is 72.1 Å². The maximum atomic E-state index is 6.01. The summed E-state index contributed by atoms with van der Waals surface area (Å²) < 4.78 is 20.0. The molecule has 112 valence electrons. The highest BCUT2D eigenvalue weighted by Crippen LogP contribution is 2.47. The molecule has 0 atom stereocenters. The summed E-state index contributed by atoms with van der Waals surface area (Å²) in [5.41, 5.74) is 0. The topological polar surface area (TPSA) is 27.7 Å². The third-order valence-electron chi connectivity index (χ3n) is 2.61. The van der Waals surface area contributed by atoms with E-state index in [9.17, 15) is 0 Å². The van der Waals surface area contributed by atoms with Gasteiger partial charge < -0.3 is 14.2 Å². The lowest BCUT2D eigenvalue weighted by Crippen LogP contribution is -1.95. The van der Waals surface area contributed by atoms with E-state index >= 15 is 0 Å². The second kappa shape index (κ2) is 7.35. The Kier molecular flexibility index (Phi) is 5.99. The lowest BCUT2D eigenvalue weighted by Gasteiger charge is -2.16. The molecule has 0 heterocycles. The van der Waals surface area contributed by atoms with E-state index < -0.39 is 0 Å². The number of hydrogen-bond donors (Lipinski definition) is 0. The third kappa shape index (κ3) is 3.75. The molecule has 0 N–H and O–H groups in total. The van der Waals surface area contributed by atoms with Crippen molar-refractivity contribution in [1.82, 2.24) is 0 Å². The Morgan fingerprint density at radius 1 is 0.714 bits per heavy atom. The molecule has 0 amide bonds. The molecule has 0 aliphatic carbocycles. The molecule has 2 aromatic carbocycles. The van der Waals surface area contributed by atoms with Crippen molar-refractivity contribution in [2.75, 3.05) is 14.2 Å². The van der Waals surface area contributed by atoms with Gasteiger partial charge >= 0.3 is 0 Å². The van der Waals surface area contributed by atoms with Crippen molar-refractivity contribution in [3.05, 3.63) is 42.2 Å². The number of methoxy groups -OCH3 is 2. The molecule has 2 rings (SSSR count). The van der Waals surface area contributed by atoms with E-state index in [-0.39, 0.29) is 0 Å². The highest BCUT2D eigenvalue weighted by molar-refractivity contribution is 9.11. The van der Waals surface area contributed by atoms with E-state index in [2.05, 4.69) is 63.7 Å². The highest BCUT2D eigenvalue weighted by atomic mass is 79.9. The smallest absolute Gasteiger partial charge is 0.184 e. The summed E-state index contributed by atoms with van der Waals surface area (Å²) in [6, 6.07) is 7.47. The van der Waals surface area contributed by atoms with Crippen LogP contribution in [0, 0.1) is 0 Å². The average Bonchev–Trinajstić information content (AvgIpc) is 2.43. The van der Waals surface area contributed by atoms with Gasteiger partial charge in [0.05, 0.1) is 27.6 Å². The average molecular weight is 546 g/mol. The van der Waals surface area contributed by atoms with Crippen LogP contribution < -0.4 is 14.2 Å². The Hall–Kier alpha value is -0.240. The van der Waals surface area contributed by atoms with Crippen LogP contribution in [0.5, 0.6) is 23.0 Å². The Morgan fingerprint density at radius 2 is 1.29 bits per heavy atom. The Balaban J connectivity index is 2.55. The molecule has 0 aliphatic rings. The van der Waals surface area contributed by atoms with Crippen LogP contribution in [0.2, 0.25) is 0 Å². The molecule has 21 heavy (non-hydrogen) atoms. The molecule has 0 saturated heterocycles. The van der Waals surface area contributed by atoms with Crippen molar-refractivity contribution < 1.29 is 14.2 Å². The first kappa shape index (κ1) is 17.1. The first-order chi connectivity index (χ1) is 9.97. The fraction of sp³-hybridized carbons (Fsp3) is 0.143. The first-order valence-corrected chi connectivity index (χ1v) is 8.88. The molecule has 0 radical (unpaired) electrons. The molecule has 0 fully saturated rings. The Labute approximate surface area is 156 Å². The zero-order chi connectivity index (χ0) is 15.6. The van der Waals surface area contributed by atoms with Crippen LogP contribution in [0.15, 0.2) is 42.2 Å². The number of rotatable bonds is 4. The SMILES string of the molecule is COc1c(Br)cc(Br)cc1Oc1c(Br)ccc(Br)c1OC. The molecule has 7 heteroatoms. The van der Waals surface area contributed by atoms with E-state index in [0.29, 0.717) is 23.0 Å². The number of halogens is 4. The molecule has 0 saturated carbocycles. The van der Waals surface area contributed by atoms with E-state index in [0.717, 1.165) is 17.9 Å². The summed E-state index contributed by atoms with van der Waals surface area (Å²) in [4.78, 5) is 0. The number of ether oxygens (including phenoxy) is 3. The van der Waals surface area contributed by atoms with Crippen molar-refractivity contribution in [1.29, 1.82) is 0 Å². The van der Waals surface area contributed by atoms with Crippen LogP contribution >= 0.6 is 63.7 Å². The van der Waals surface area contributed by atoms with Gasteiger partial charge in [0.15, 0.2) is 23.0 Å². The number of benzene rings is 2. The van der Waals surface area contributed by atoms with Gasteiger partial charge in [-0.2, -0.15) is 0 Å². The highest BCUT2D eigenvalue weighted by Gasteiger charge is 2.18. The summed E-state index contributed by atoms with van der Waals surface area (Å²) in [5.74, 6) is 2.33. The van der Waals surface area contributed by atoms with Crippen molar-refractivity contribution in [2.45, 2.75) is 0 Å². The maximum absolute atomic E-state index is 6.01. The number of hydrogen-bond acceptors (Lipinski definition) is 3. The summed E-state index contributed by atoms with van der Waals surface area (Å²) in [6.07, 6.45) is 0. The molecule has 0 aliphatic heterocycles. The second-order valence-electron chi connectivity index (χ2n) is 3.91. The summed E-state index contributed by atoms with van der Waals surface area (Å²) in [5, 5.41) is 0. The van der Waals surface area contributed by atoms with Crippen LogP contribution in [-0.4, -0.2) is 14.2 Å². The quantitative estimate of drug-likeness (QED) is 0.436. The lowest BCUT2D eigenvalue weighted by molar-refractivity contribution is 0.352. The maximum Gasteiger partial charge on any atom is 0.184 e. The van der Waals surface area contributed by atoms with Crippen LogP contribution in [0.25, 0.3) is 0 Å². The predicted octanol–water partition coefficient (Wildman–Crippen LogP) is 6.55. The van der Waals surface area contributed by atoms with Gasteiger partial charge in [0.1, 0.15) is 0 Å². The van der Waals surface area contributed by atoms with Crippen molar-refractivity contribution in [3.63, 3.8) is 0 Å². The van der Waals surface area contributed by atoms with Crippen LogP contribution in [-0.2, 0) is 0 Å². The zero-order valence-electron chi connectivity index (χ0n) is 11.0. The molecule has 3 nitrogen and oxygen atoms in total. The van der Waals surface area contributed by atoms with Gasteiger partial charge in [0.25, 0.3) is 0 Å². The van der Waals surface area contributed by atoms with Crippen molar-refractivity contribution >= 4 is 63.7 Å². The monoisotopic (exact) mass is 542 g/mol. The van der Waals surface area contributed by atoms with Gasteiger partial charge in [-0.25, -0.2) is 0 Å². The van der Waals surface area contributed by atoms with Crippen molar-refractivity contribution in [2.24, 2.45) is 0 Å². The minimum absolute atomic E-state index is 0.565. The fourth-order valence-corrected chi connectivity index (χ4v) is 3.94. The lowest BCUT2D eigenvalue weighted by atomic mass is 10.3. The normalized spacial score (nSPS) is 10.4. The fourth-order valence-electron chi connectivity index (χ4n) is 1.72. The second-order valence-corrected chi connectivity index (χ2v) is 7.39. The van der Waals surface area contributed by atoms with Crippen LogP contribution in [0.1, 0.15) is 0 Å². The van der Waals surface area contributed by atoms with Gasteiger partial charge in [0.2, 0.25) is 0 Å². The molecule has 0 spiro atoms. The van der Waals surface area contributed by atoms with Crippen molar-refractivity contribution in [3.8, 4) is 23.0 Å². The van der Waals surface area contributed by atoms with Crippen LogP contribution in [0.4, 0.5) is 0 Å². The summed E-state index contributed by atoms with van der Waals surface area (Å²) >= 11 is 13.8. The van der Waals surface area contributed by atoms with E-state index in [4.69, 9.17) is 14.2 Å². The Bertz CT molecular complexity index is 674. The van der Waals surface area contributed by atoms with Gasteiger partial charge in [-0.1, -0.05) is 15.9 Å². The zero-order valence-corrected chi connectivity index (χ0v) is 17.4. The third-order valence-corrected chi connectivity index (χ3v) is 4.91. The van der Waals surface area contributed by atoms with Gasteiger partial charge in [-0.15, -0.1) is 0 Å². The predicted molar refractivity (Wildman–Crippen MR) is 96.9 cm³/mol. The molecular weight excluding hydrogens is 536 g/mol. The molecule has 0 aromatic heterocycles. The van der Waals surface area contributed by atoms with Gasteiger partial charge in [-0.3, -0.25) is 0 Å². The first-order valence-electron chi connectivity index (χ1n) is 5.70. The van der Waals surface area contributed by atoms with Gasteiger partial charge in [0, 0.05) is 4.47 Å².